The Labute approximate surface area is 256 Å². The molecule has 236 valence electrons. The zero-order valence-electron chi connectivity index (χ0n) is 25.5. The molecule has 1 unspecified atom stereocenters. The van der Waals surface area contributed by atoms with Crippen molar-refractivity contribution in [3.8, 4) is 11.8 Å². The van der Waals surface area contributed by atoms with Gasteiger partial charge in [-0.2, -0.15) is 9.97 Å². The highest BCUT2D eigenvalue weighted by molar-refractivity contribution is 5.98. The molecule has 0 aliphatic carbocycles. The molecule has 5 heterocycles. The Bertz CT molecular complexity index is 1570. The Morgan fingerprint density at radius 2 is 2.02 bits per heavy atom. The van der Waals surface area contributed by atoms with E-state index < -0.39 is 11.8 Å². The van der Waals surface area contributed by atoms with Gasteiger partial charge in [0.2, 0.25) is 0 Å². The lowest BCUT2D eigenvalue weighted by atomic mass is 9.95. The molecule has 11 heteroatoms. The Morgan fingerprint density at radius 1 is 1.16 bits per heavy atom. The number of β-amino-alcohol motifs (C(OH)–C–C–N with tert-alkyl or cyclic N) is 1. The van der Waals surface area contributed by atoms with Crippen LogP contribution in [0.1, 0.15) is 49.9 Å². The summed E-state index contributed by atoms with van der Waals surface area (Å²) in [7, 11) is 0. The van der Waals surface area contributed by atoms with Crippen molar-refractivity contribution in [3.63, 3.8) is 0 Å². The van der Waals surface area contributed by atoms with Crippen LogP contribution in [0.15, 0.2) is 24.3 Å². The van der Waals surface area contributed by atoms with Crippen molar-refractivity contribution in [1.82, 2.24) is 14.9 Å². The second-order valence-corrected chi connectivity index (χ2v) is 13.2. The molecule has 4 aliphatic rings. The Hall–Kier alpha value is -3.28. The van der Waals surface area contributed by atoms with Gasteiger partial charge < -0.3 is 29.5 Å². The van der Waals surface area contributed by atoms with Gasteiger partial charge in [-0.3, -0.25) is 4.90 Å². The molecule has 9 nitrogen and oxygen atoms in total. The first kappa shape index (κ1) is 29.4. The molecule has 7 rings (SSSR count). The summed E-state index contributed by atoms with van der Waals surface area (Å²) in [6.07, 6.45) is 2.62. The number of hydrogen-bond donors (Lipinski definition) is 2. The minimum Gasteiger partial charge on any atom is -0.508 e. The van der Waals surface area contributed by atoms with Crippen LogP contribution in [0.25, 0.3) is 10.8 Å². The summed E-state index contributed by atoms with van der Waals surface area (Å²) in [5.74, 6) is 0.573. The number of aliphatic hydroxyl groups is 1. The van der Waals surface area contributed by atoms with Gasteiger partial charge in [0.05, 0.1) is 37.5 Å². The largest absolute Gasteiger partial charge is 0.508 e. The van der Waals surface area contributed by atoms with Crippen molar-refractivity contribution >= 4 is 22.3 Å². The van der Waals surface area contributed by atoms with Gasteiger partial charge in [-0.05, 0) is 62.2 Å². The summed E-state index contributed by atoms with van der Waals surface area (Å²) >= 11 is 0. The molecule has 0 spiro atoms. The second-order valence-electron chi connectivity index (χ2n) is 13.2. The smallest absolute Gasteiger partial charge is 0.318 e. The van der Waals surface area contributed by atoms with E-state index in [1.165, 1.54) is 6.07 Å². The van der Waals surface area contributed by atoms with E-state index in [2.05, 4.69) is 14.7 Å². The van der Waals surface area contributed by atoms with Crippen molar-refractivity contribution < 1.29 is 28.5 Å². The number of rotatable bonds is 6. The van der Waals surface area contributed by atoms with Gasteiger partial charge in [-0.15, -0.1) is 0 Å². The van der Waals surface area contributed by atoms with Crippen molar-refractivity contribution in [3.05, 3.63) is 46.9 Å². The molecular formula is C33H41F2N5O4. The zero-order valence-corrected chi connectivity index (χ0v) is 25.5. The lowest BCUT2D eigenvalue weighted by molar-refractivity contribution is -0.0123. The fourth-order valence-corrected chi connectivity index (χ4v) is 7.82. The number of ether oxygens (including phenoxy) is 2. The Balaban J connectivity index is 1.27. The second kappa shape index (κ2) is 11.3. The third kappa shape index (κ3) is 5.32. The van der Waals surface area contributed by atoms with E-state index in [1.807, 2.05) is 6.92 Å². The first-order valence-corrected chi connectivity index (χ1v) is 15.8. The van der Waals surface area contributed by atoms with Crippen LogP contribution in [0.2, 0.25) is 0 Å². The van der Waals surface area contributed by atoms with Crippen LogP contribution in [0.4, 0.5) is 20.3 Å². The fraction of sp³-hybridized carbons (Fsp3) is 0.576. The van der Waals surface area contributed by atoms with Crippen LogP contribution >= 0.6 is 0 Å². The molecule has 0 amide bonds. The average Bonchev–Trinajstić information content (AvgIpc) is 3.45. The molecule has 0 saturated carbocycles. The lowest BCUT2D eigenvalue weighted by Gasteiger charge is -2.36. The molecule has 3 saturated heterocycles. The van der Waals surface area contributed by atoms with E-state index in [0.29, 0.717) is 76.6 Å². The van der Waals surface area contributed by atoms with Gasteiger partial charge in [-0.1, -0.05) is 13.0 Å². The lowest BCUT2D eigenvalue weighted by Crippen LogP contribution is -2.44. The molecule has 3 atom stereocenters. The van der Waals surface area contributed by atoms with E-state index >= 15 is 0 Å². The van der Waals surface area contributed by atoms with E-state index in [1.54, 1.807) is 25.1 Å². The van der Waals surface area contributed by atoms with Gasteiger partial charge in [-0.25, -0.2) is 8.78 Å². The van der Waals surface area contributed by atoms with Gasteiger partial charge >= 0.3 is 6.01 Å². The highest BCUT2D eigenvalue weighted by Crippen LogP contribution is 2.42. The van der Waals surface area contributed by atoms with Crippen molar-refractivity contribution in [2.24, 2.45) is 0 Å². The summed E-state index contributed by atoms with van der Waals surface area (Å²) in [5.41, 5.74) is 1.74. The number of alkyl halides is 1. The topological polar surface area (TPSA) is 94.4 Å². The first-order valence-electron chi connectivity index (χ1n) is 15.8. The molecular weight excluding hydrogens is 568 g/mol. The minimum absolute atomic E-state index is 0.120. The summed E-state index contributed by atoms with van der Waals surface area (Å²) in [5, 5.41) is 23.2. The maximum atomic E-state index is 15.0. The van der Waals surface area contributed by atoms with Crippen LogP contribution in [-0.2, 0) is 24.1 Å². The highest BCUT2D eigenvalue weighted by Gasteiger charge is 2.49. The molecule has 0 radical (unpaired) electrons. The maximum absolute atomic E-state index is 15.0. The SMILES string of the molecule is CCc1c(F)ccc2cc(O)cc(N3CCc4c(nc(OC[C@@]56CCCN5C[C@H](F)C6)nc4N4CCOCC(C)(O)C4)C3)c12. The van der Waals surface area contributed by atoms with E-state index in [0.717, 1.165) is 47.1 Å². The molecule has 44 heavy (non-hydrogen) atoms. The number of halogens is 2. The van der Waals surface area contributed by atoms with Crippen LogP contribution in [0.3, 0.4) is 0 Å². The van der Waals surface area contributed by atoms with Crippen LogP contribution in [0, 0.1) is 5.82 Å². The van der Waals surface area contributed by atoms with E-state index in [4.69, 9.17) is 19.4 Å². The van der Waals surface area contributed by atoms with Crippen molar-refractivity contribution in [2.45, 2.75) is 69.8 Å². The van der Waals surface area contributed by atoms with Gasteiger partial charge in [0, 0.05) is 48.8 Å². The number of aromatic hydroxyl groups is 1. The number of aromatic nitrogens is 2. The number of aryl methyl sites for hydroxylation is 1. The van der Waals surface area contributed by atoms with Gasteiger partial charge in [0.15, 0.2) is 0 Å². The number of phenolic OH excluding ortho intramolecular Hbond substituents is 1. The molecule has 3 fully saturated rings. The molecule has 0 bridgehead atoms. The predicted octanol–water partition coefficient (Wildman–Crippen LogP) is 4.14. The molecule has 1 aromatic heterocycles. The number of hydrogen-bond acceptors (Lipinski definition) is 9. The Kier molecular flexibility index (Phi) is 7.53. The minimum atomic E-state index is -1.06. The predicted molar refractivity (Wildman–Crippen MR) is 164 cm³/mol. The standard InChI is InChI=1S/C33H41F2N5O4/c1-3-24-26(35)6-5-21-13-23(41)14-28(29(21)24)38-10-7-25-27(17-38)36-31(37-30(25)39-11-12-43-19-32(2,42)18-39)44-20-33-8-4-9-40(33)16-22(34)15-33/h5-6,13-14,22,41-42H,3-4,7-12,15-20H2,1-2H3/t22-,32?,33+/m1/s1. The molecule has 4 aliphatic heterocycles. The van der Waals surface area contributed by atoms with Crippen LogP contribution < -0.4 is 14.5 Å². The molecule has 3 aromatic rings. The highest BCUT2D eigenvalue weighted by atomic mass is 19.1. The zero-order chi connectivity index (χ0) is 30.6. The quantitative estimate of drug-likeness (QED) is 0.428. The molecule has 2 aromatic carbocycles. The monoisotopic (exact) mass is 609 g/mol. The summed E-state index contributed by atoms with van der Waals surface area (Å²) in [6.45, 7) is 7.92. The number of nitrogens with zero attached hydrogens (tertiary/aromatic N) is 5. The average molecular weight is 610 g/mol. The van der Waals surface area contributed by atoms with Crippen LogP contribution in [-0.4, -0.2) is 94.9 Å². The number of benzene rings is 2. The van der Waals surface area contributed by atoms with Gasteiger partial charge in [0.1, 0.15) is 35.8 Å². The van der Waals surface area contributed by atoms with E-state index in [9.17, 15) is 19.0 Å². The third-order valence-electron chi connectivity index (χ3n) is 9.83. The fourth-order valence-electron chi connectivity index (χ4n) is 7.82. The normalized spacial score (nSPS) is 27.4. The Morgan fingerprint density at radius 3 is 2.86 bits per heavy atom. The van der Waals surface area contributed by atoms with Crippen molar-refractivity contribution in [1.29, 1.82) is 0 Å². The summed E-state index contributed by atoms with van der Waals surface area (Å²) < 4.78 is 41.5. The van der Waals surface area contributed by atoms with Gasteiger partial charge in [0.25, 0.3) is 0 Å². The number of phenols is 1. The van der Waals surface area contributed by atoms with Crippen LogP contribution in [0.5, 0.6) is 11.8 Å². The first-order chi connectivity index (χ1) is 21.1. The summed E-state index contributed by atoms with van der Waals surface area (Å²) in [6, 6.07) is 6.78. The van der Waals surface area contributed by atoms with Crippen molar-refractivity contribution in [2.75, 3.05) is 62.3 Å². The van der Waals surface area contributed by atoms with E-state index in [-0.39, 0.29) is 29.7 Å². The third-order valence-corrected chi connectivity index (χ3v) is 9.83. The maximum Gasteiger partial charge on any atom is 0.318 e. The number of anilines is 2. The molecule has 2 N–H and O–H groups in total. The summed E-state index contributed by atoms with van der Waals surface area (Å²) in [4.78, 5) is 16.2. The number of fused-ring (bicyclic) bond motifs is 3.